The van der Waals surface area contributed by atoms with E-state index in [1.54, 1.807) is 6.20 Å². The monoisotopic (exact) mass is 395 g/mol. The smallest absolute Gasteiger partial charge is 0.237 e. The summed E-state index contributed by atoms with van der Waals surface area (Å²) in [5.41, 5.74) is 8.92. The van der Waals surface area contributed by atoms with Crippen molar-refractivity contribution in [2.75, 3.05) is 27.2 Å². The van der Waals surface area contributed by atoms with E-state index in [0.717, 1.165) is 40.9 Å². The minimum Gasteiger partial charge on any atom is -0.457 e. The Bertz CT molecular complexity index is 967. The SMILES string of the molecule is Cc1c[nH]c2nccc(Oc3cccc(CC(N)C(=O)NCCCN(C)C)c3)c12. The maximum Gasteiger partial charge on any atom is 0.237 e. The fraction of sp³-hybridized carbons (Fsp3) is 0.364. The third-order valence-corrected chi connectivity index (χ3v) is 4.73. The zero-order valence-electron chi connectivity index (χ0n) is 17.2. The van der Waals surface area contributed by atoms with Crippen LogP contribution in [0.4, 0.5) is 0 Å². The van der Waals surface area contributed by atoms with Gasteiger partial charge in [0, 0.05) is 18.9 Å². The van der Waals surface area contributed by atoms with Gasteiger partial charge >= 0.3 is 0 Å². The molecule has 2 heterocycles. The molecule has 3 rings (SSSR count). The van der Waals surface area contributed by atoms with Crippen LogP contribution in [-0.2, 0) is 11.2 Å². The summed E-state index contributed by atoms with van der Waals surface area (Å²) in [4.78, 5) is 21.8. The van der Waals surface area contributed by atoms with Crippen LogP contribution in [0.5, 0.6) is 11.5 Å². The van der Waals surface area contributed by atoms with E-state index in [0.29, 0.717) is 18.7 Å². The van der Waals surface area contributed by atoms with Crippen molar-refractivity contribution < 1.29 is 9.53 Å². The Morgan fingerprint density at radius 2 is 2.17 bits per heavy atom. The zero-order chi connectivity index (χ0) is 20.8. The molecule has 0 saturated heterocycles. The van der Waals surface area contributed by atoms with E-state index in [1.807, 2.05) is 57.5 Å². The highest BCUT2D eigenvalue weighted by atomic mass is 16.5. The van der Waals surface area contributed by atoms with Gasteiger partial charge in [-0.15, -0.1) is 0 Å². The van der Waals surface area contributed by atoms with Crippen LogP contribution in [0, 0.1) is 6.92 Å². The van der Waals surface area contributed by atoms with E-state index in [9.17, 15) is 4.79 Å². The van der Waals surface area contributed by atoms with Crippen LogP contribution in [0.3, 0.4) is 0 Å². The summed E-state index contributed by atoms with van der Waals surface area (Å²) in [6, 6.07) is 8.94. The maximum atomic E-state index is 12.2. The summed E-state index contributed by atoms with van der Waals surface area (Å²) < 4.78 is 6.11. The average molecular weight is 396 g/mol. The van der Waals surface area contributed by atoms with Crippen LogP contribution < -0.4 is 15.8 Å². The molecule has 0 fully saturated rings. The van der Waals surface area contributed by atoms with Crippen molar-refractivity contribution in [3.05, 3.63) is 53.9 Å². The van der Waals surface area contributed by atoms with Crippen molar-refractivity contribution in [2.24, 2.45) is 5.73 Å². The summed E-state index contributed by atoms with van der Waals surface area (Å²) in [5, 5.41) is 3.87. The number of nitrogens with two attached hydrogens (primary N) is 1. The van der Waals surface area contributed by atoms with Crippen LogP contribution in [0.1, 0.15) is 17.5 Å². The average Bonchev–Trinajstić information content (AvgIpc) is 3.07. The van der Waals surface area contributed by atoms with Crippen LogP contribution in [0.2, 0.25) is 0 Å². The Morgan fingerprint density at radius 3 is 2.97 bits per heavy atom. The summed E-state index contributed by atoms with van der Waals surface area (Å²) in [6.07, 6.45) is 4.98. The Balaban J connectivity index is 1.62. The van der Waals surface area contributed by atoms with Crippen LogP contribution >= 0.6 is 0 Å². The molecule has 1 aromatic carbocycles. The first-order valence-electron chi connectivity index (χ1n) is 9.81. The third kappa shape index (κ3) is 5.56. The topological polar surface area (TPSA) is 96.3 Å². The second-order valence-corrected chi connectivity index (χ2v) is 7.51. The first kappa shape index (κ1) is 20.8. The van der Waals surface area contributed by atoms with E-state index in [-0.39, 0.29) is 5.91 Å². The first-order valence-corrected chi connectivity index (χ1v) is 9.81. The molecule has 1 atom stereocenters. The molecule has 0 aliphatic heterocycles. The molecule has 2 aromatic heterocycles. The van der Waals surface area contributed by atoms with Gasteiger partial charge in [0.15, 0.2) is 0 Å². The van der Waals surface area contributed by atoms with Gasteiger partial charge in [0.2, 0.25) is 5.91 Å². The van der Waals surface area contributed by atoms with Gasteiger partial charge in [0.25, 0.3) is 0 Å². The summed E-state index contributed by atoms with van der Waals surface area (Å²) in [7, 11) is 4.02. The van der Waals surface area contributed by atoms with Gasteiger partial charge in [-0.1, -0.05) is 12.1 Å². The van der Waals surface area contributed by atoms with Crippen LogP contribution in [0.15, 0.2) is 42.7 Å². The summed E-state index contributed by atoms with van der Waals surface area (Å²) in [5.74, 6) is 1.32. The number of hydrogen-bond acceptors (Lipinski definition) is 5. The number of aromatic amines is 1. The van der Waals surface area contributed by atoms with Crippen LogP contribution in [-0.4, -0.2) is 54.0 Å². The number of carbonyl (C=O) groups excluding carboxylic acids is 1. The molecule has 4 N–H and O–H groups in total. The van der Waals surface area contributed by atoms with Crippen molar-refractivity contribution in [3.8, 4) is 11.5 Å². The Hall–Kier alpha value is -2.90. The number of ether oxygens (including phenoxy) is 1. The molecule has 0 radical (unpaired) electrons. The maximum absolute atomic E-state index is 12.2. The fourth-order valence-electron chi connectivity index (χ4n) is 3.22. The van der Waals surface area contributed by atoms with Gasteiger partial charge in [0.05, 0.1) is 11.4 Å². The van der Waals surface area contributed by atoms with Crippen molar-refractivity contribution >= 4 is 16.9 Å². The molecule has 0 saturated carbocycles. The van der Waals surface area contributed by atoms with Gasteiger partial charge < -0.3 is 25.7 Å². The number of aromatic nitrogens is 2. The van der Waals surface area contributed by atoms with Gasteiger partial charge in [-0.25, -0.2) is 4.98 Å². The van der Waals surface area contributed by atoms with E-state index in [4.69, 9.17) is 10.5 Å². The number of fused-ring (bicyclic) bond motifs is 1. The van der Waals surface area contributed by atoms with Gasteiger partial charge in [-0.3, -0.25) is 4.79 Å². The lowest BCUT2D eigenvalue weighted by Gasteiger charge is -2.14. The largest absolute Gasteiger partial charge is 0.457 e. The second kappa shape index (κ2) is 9.54. The molecule has 29 heavy (non-hydrogen) atoms. The molecule has 0 bridgehead atoms. The molecular weight excluding hydrogens is 366 g/mol. The van der Waals surface area contributed by atoms with Crippen molar-refractivity contribution in [1.82, 2.24) is 20.2 Å². The summed E-state index contributed by atoms with van der Waals surface area (Å²) in [6.45, 7) is 3.57. The Morgan fingerprint density at radius 1 is 1.34 bits per heavy atom. The quantitative estimate of drug-likeness (QED) is 0.484. The molecule has 1 amide bonds. The summed E-state index contributed by atoms with van der Waals surface area (Å²) >= 11 is 0. The number of nitrogens with zero attached hydrogens (tertiary/aromatic N) is 2. The third-order valence-electron chi connectivity index (χ3n) is 4.73. The predicted molar refractivity (Wildman–Crippen MR) is 115 cm³/mol. The minimum absolute atomic E-state index is 0.131. The molecule has 0 aliphatic rings. The number of amides is 1. The molecule has 7 heteroatoms. The predicted octanol–water partition coefficient (Wildman–Crippen LogP) is 2.60. The first-order chi connectivity index (χ1) is 13.9. The lowest BCUT2D eigenvalue weighted by atomic mass is 10.1. The van der Waals surface area contributed by atoms with E-state index < -0.39 is 6.04 Å². The van der Waals surface area contributed by atoms with Crippen LogP contribution in [0.25, 0.3) is 11.0 Å². The number of benzene rings is 1. The van der Waals surface area contributed by atoms with E-state index >= 15 is 0 Å². The lowest BCUT2D eigenvalue weighted by Crippen LogP contribution is -2.42. The van der Waals surface area contributed by atoms with Crippen molar-refractivity contribution in [2.45, 2.75) is 25.8 Å². The highest BCUT2D eigenvalue weighted by Gasteiger charge is 2.14. The molecule has 1 unspecified atom stereocenters. The fourth-order valence-corrected chi connectivity index (χ4v) is 3.22. The van der Waals surface area contributed by atoms with E-state index in [2.05, 4.69) is 20.2 Å². The number of hydrogen-bond donors (Lipinski definition) is 3. The molecule has 0 aliphatic carbocycles. The molecular formula is C22H29N5O2. The molecule has 3 aromatic rings. The number of rotatable bonds is 9. The number of aryl methyl sites for hydroxylation is 1. The highest BCUT2D eigenvalue weighted by molar-refractivity contribution is 5.86. The lowest BCUT2D eigenvalue weighted by molar-refractivity contribution is -0.122. The minimum atomic E-state index is -0.593. The number of pyridine rings is 1. The zero-order valence-corrected chi connectivity index (χ0v) is 17.2. The Kier molecular flexibility index (Phi) is 6.85. The van der Waals surface area contributed by atoms with Gasteiger partial charge in [-0.2, -0.15) is 0 Å². The Labute approximate surface area is 171 Å². The molecule has 0 spiro atoms. The number of H-pyrrole nitrogens is 1. The molecule has 7 nitrogen and oxygen atoms in total. The molecule has 154 valence electrons. The highest BCUT2D eigenvalue weighted by Crippen LogP contribution is 2.31. The standard InChI is InChI=1S/C22H29N5O2/c1-15-14-26-21-20(15)19(8-10-24-21)29-17-7-4-6-16(12-17)13-18(23)22(28)25-9-5-11-27(2)3/h4,6-8,10,12,14,18H,5,9,11,13,23H2,1-3H3,(H,24,26)(H,25,28). The number of carbonyl (C=O) groups is 1. The van der Waals surface area contributed by atoms with Crippen molar-refractivity contribution in [1.29, 1.82) is 0 Å². The normalized spacial score (nSPS) is 12.3. The van der Waals surface area contributed by atoms with Gasteiger partial charge in [-0.05, 0) is 69.7 Å². The van der Waals surface area contributed by atoms with E-state index in [1.165, 1.54) is 0 Å². The van der Waals surface area contributed by atoms with Gasteiger partial charge in [0.1, 0.15) is 17.1 Å². The number of nitrogens with one attached hydrogen (secondary N) is 2. The van der Waals surface area contributed by atoms with Crippen molar-refractivity contribution in [3.63, 3.8) is 0 Å². The second-order valence-electron chi connectivity index (χ2n) is 7.51.